The highest BCUT2D eigenvalue weighted by Crippen LogP contribution is 2.38. The van der Waals surface area contributed by atoms with Crippen LogP contribution in [0.15, 0.2) is 4.99 Å². The molecule has 1 aliphatic rings. The quantitative estimate of drug-likeness (QED) is 0.0548. The first-order valence-electron chi connectivity index (χ1n) is 12.4. The molecule has 0 aromatic carbocycles. The maximum Gasteiger partial charge on any atom is 0.305 e. The molecule has 0 spiro atoms. The number of carbonyl (C=O) groups is 7. The van der Waals surface area contributed by atoms with E-state index in [0.717, 1.165) is 21.6 Å². The number of hydrogen-bond donors (Lipinski definition) is 9. The summed E-state index contributed by atoms with van der Waals surface area (Å²) in [5.41, 5.74) is 16.1. The molecule has 1 rings (SSSR count). The number of primary amides is 1. The lowest BCUT2D eigenvalue weighted by atomic mass is 10.0. The summed E-state index contributed by atoms with van der Waals surface area (Å²) in [5, 5.41) is 21.2. The van der Waals surface area contributed by atoms with Gasteiger partial charge in [0.15, 0.2) is 5.96 Å². The summed E-state index contributed by atoms with van der Waals surface area (Å²) in [5.74, 6) is -6.46. The number of aliphatic imine (C=N–C) groups is 1. The van der Waals surface area contributed by atoms with Crippen LogP contribution in [0.25, 0.3) is 0 Å². The maximum absolute atomic E-state index is 13.4. The monoisotopic (exact) mass is 619 g/mol. The summed E-state index contributed by atoms with van der Waals surface area (Å²) in [4.78, 5) is 90.8. The van der Waals surface area contributed by atoms with Crippen molar-refractivity contribution < 1.29 is 38.7 Å². The number of nitrogens with two attached hydrogens (primary N) is 3. The summed E-state index contributed by atoms with van der Waals surface area (Å²) in [6, 6.07) is -5.18. The number of nitrogens with one attached hydrogen (secondary N) is 5. The molecule has 19 heteroatoms. The Kier molecular flexibility index (Phi) is 14.2. The van der Waals surface area contributed by atoms with Crippen LogP contribution in [0.5, 0.6) is 0 Å². The van der Waals surface area contributed by atoms with E-state index in [0.29, 0.717) is 0 Å². The average Bonchev–Trinajstić information content (AvgIpc) is 2.85. The van der Waals surface area contributed by atoms with Crippen LogP contribution in [-0.2, 0) is 33.6 Å². The predicted molar refractivity (Wildman–Crippen MR) is 152 cm³/mol. The summed E-state index contributed by atoms with van der Waals surface area (Å²) in [6.45, 7) is 3.98. The Morgan fingerprint density at radius 1 is 1.02 bits per heavy atom. The summed E-state index contributed by atoms with van der Waals surface area (Å²) in [7, 11) is 2.16. The smallest absolute Gasteiger partial charge is 0.305 e. The van der Waals surface area contributed by atoms with E-state index in [1.807, 2.05) is 0 Å². The maximum atomic E-state index is 13.4. The molecule has 0 saturated carbocycles. The highest BCUT2D eigenvalue weighted by molar-refractivity contribution is 8.77. The first-order valence-corrected chi connectivity index (χ1v) is 14.7. The largest absolute Gasteiger partial charge is 0.481 e. The number of hydrogen-bond acceptors (Lipinski definition) is 10. The fourth-order valence-corrected chi connectivity index (χ4v) is 6.30. The molecule has 1 saturated heterocycles. The molecule has 230 valence electrons. The Labute approximate surface area is 244 Å². The zero-order valence-corrected chi connectivity index (χ0v) is 24.5. The second kappa shape index (κ2) is 16.5. The predicted octanol–water partition coefficient (Wildman–Crippen LogP) is -3.75. The first kappa shape index (κ1) is 35.3. The van der Waals surface area contributed by atoms with Crippen LogP contribution in [0.1, 0.15) is 40.0 Å². The highest BCUT2D eigenvalue weighted by Gasteiger charge is 2.39. The summed E-state index contributed by atoms with van der Waals surface area (Å²) < 4.78 is -1.02. The van der Waals surface area contributed by atoms with Gasteiger partial charge in [0.1, 0.15) is 24.2 Å². The minimum Gasteiger partial charge on any atom is -0.481 e. The number of carboxylic acids is 1. The van der Waals surface area contributed by atoms with Crippen molar-refractivity contribution >= 4 is 69.0 Å². The lowest BCUT2D eigenvalue weighted by Gasteiger charge is -2.34. The summed E-state index contributed by atoms with van der Waals surface area (Å²) >= 11 is 0. The molecule has 0 bridgehead atoms. The SMILES string of the molecule is CC(=O)NC1C(=O)NC(CCCN=C(N)N)C(=O)NCC(=O)N[C@@H](CC(=O)O)C(=O)NC(C(N)=O)CSSC1(C)C. The molecule has 3 unspecified atom stereocenters. The van der Waals surface area contributed by atoms with Crippen LogP contribution in [0, 0.1) is 0 Å². The molecule has 1 heterocycles. The molecule has 1 fully saturated rings. The van der Waals surface area contributed by atoms with Gasteiger partial charge in [-0.15, -0.1) is 0 Å². The van der Waals surface area contributed by atoms with E-state index in [4.69, 9.17) is 17.2 Å². The van der Waals surface area contributed by atoms with Gasteiger partial charge in [-0.1, -0.05) is 21.6 Å². The number of rotatable bonds is 8. The van der Waals surface area contributed by atoms with Crippen LogP contribution in [0.3, 0.4) is 0 Å². The molecule has 1 aliphatic heterocycles. The third kappa shape index (κ3) is 13.0. The van der Waals surface area contributed by atoms with E-state index in [1.54, 1.807) is 13.8 Å². The van der Waals surface area contributed by atoms with Crippen LogP contribution < -0.4 is 43.8 Å². The molecule has 0 radical (unpaired) electrons. The van der Waals surface area contributed by atoms with Crippen molar-refractivity contribution in [2.75, 3.05) is 18.8 Å². The second-order valence-corrected chi connectivity index (χ2v) is 12.5. The van der Waals surface area contributed by atoms with E-state index in [2.05, 4.69) is 31.6 Å². The zero-order chi connectivity index (χ0) is 31.3. The second-order valence-electron chi connectivity index (χ2n) is 9.51. The first-order chi connectivity index (χ1) is 19.0. The number of guanidine groups is 1. The standard InChI is InChI=1S/C22H37N9O8S2/c1-10(32)28-16-20(39)30-11(5-4-6-26-21(24)25)18(37)27-8-14(33)29-12(7-15(34)35)19(38)31-13(17(23)36)9-40-41-22(16,2)3/h11-13,16H,4-9H2,1-3H3,(H2,23,36)(H,27,37)(H,28,32)(H,29,33)(H,30,39)(H,31,38)(H,34,35)(H4,24,25,26)/t11?,12-,13?,16?/m0/s1. The molecular formula is C22H37N9O8S2. The van der Waals surface area contributed by atoms with Crippen LogP contribution in [0.2, 0.25) is 0 Å². The molecule has 17 nitrogen and oxygen atoms in total. The number of amides is 6. The average molecular weight is 620 g/mol. The van der Waals surface area contributed by atoms with Gasteiger partial charge < -0.3 is 48.9 Å². The van der Waals surface area contributed by atoms with E-state index >= 15 is 0 Å². The minimum absolute atomic E-state index is 0.0510. The minimum atomic E-state index is -1.58. The molecule has 0 aromatic rings. The molecule has 12 N–H and O–H groups in total. The Balaban J connectivity index is 3.39. The van der Waals surface area contributed by atoms with Crippen molar-refractivity contribution in [3.63, 3.8) is 0 Å². The topological polar surface area (TPSA) is 290 Å². The van der Waals surface area contributed by atoms with Crippen molar-refractivity contribution in [1.29, 1.82) is 0 Å². The zero-order valence-electron chi connectivity index (χ0n) is 22.9. The Bertz CT molecular complexity index is 1050. The van der Waals surface area contributed by atoms with Crippen LogP contribution >= 0.6 is 21.6 Å². The van der Waals surface area contributed by atoms with Gasteiger partial charge in [-0.05, 0) is 26.7 Å². The third-order valence-electron chi connectivity index (χ3n) is 5.51. The van der Waals surface area contributed by atoms with Crippen LogP contribution in [-0.4, -0.2) is 100 Å². The molecule has 0 aromatic heterocycles. The van der Waals surface area contributed by atoms with Gasteiger partial charge >= 0.3 is 5.97 Å². The highest BCUT2D eigenvalue weighted by atomic mass is 33.1. The number of aliphatic carboxylic acids is 1. The van der Waals surface area contributed by atoms with Gasteiger partial charge in [-0.25, -0.2) is 0 Å². The molecule has 6 amide bonds. The molecule has 4 atom stereocenters. The van der Waals surface area contributed by atoms with Crippen LogP contribution in [0.4, 0.5) is 0 Å². The lowest BCUT2D eigenvalue weighted by molar-refractivity contribution is -0.141. The van der Waals surface area contributed by atoms with Gasteiger partial charge in [-0.2, -0.15) is 0 Å². The van der Waals surface area contributed by atoms with Crippen molar-refractivity contribution in [2.24, 2.45) is 22.2 Å². The molecule has 0 aliphatic carbocycles. The van der Waals surface area contributed by atoms with E-state index < -0.39 is 83.3 Å². The van der Waals surface area contributed by atoms with Gasteiger partial charge in [0, 0.05) is 24.0 Å². The third-order valence-corrected chi connectivity index (χ3v) is 8.81. The van der Waals surface area contributed by atoms with E-state index in [1.165, 1.54) is 6.92 Å². The van der Waals surface area contributed by atoms with Gasteiger partial charge in [0.25, 0.3) is 0 Å². The van der Waals surface area contributed by atoms with Crippen molar-refractivity contribution in [3.05, 3.63) is 0 Å². The van der Waals surface area contributed by atoms with E-state index in [-0.39, 0.29) is 31.1 Å². The number of nitrogens with zero attached hydrogens (tertiary/aromatic N) is 1. The number of carbonyl (C=O) groups excluding carboxylic acids is 6. The number of carboxylic acid groups (broad SMARTS) is 1. The molecule has 41 heavy (non-hydrogen) atoms. The summed E-state index contributed by atoms with van der Waals surface area (Å²) in [6.07, 6.45) is -0.500. The van der Waals surface area contributed by atoms with Crippen molar-refractivity contribution in [1.82, 2.24) is 26.6 Å². The molecular weight excluding hydrogens is 582 g/mol. The normalized spacial score (nSPS) is 24.4. The van der Waals surface area contributed by atoms with Crippen molar-refractivity contribution in [3.8, 4) is 0 Å². The lowest BCUT2D eigenvalue weighted by Crippen LogP contribution is -2.59. The Morgan fingerprint density at radius 2 is 1.68 bits per heavy atom. The van der Waals surface area contributed by atoms with E-state index in [9.17, 15) is 38.7 Å². The fourth-order valence-electron chi connectivity index (χ4n) is 3.47. The van der Waals surface area contributed by atoms with Gasteiger partial charge in [0.05, 0.1) is 13.0 Å². The van der Waals surface area contributed by atoms with Crippen molar-refractivity contribution in [2.45, 2.75) is 68.9 Å². The van der Waals surface area contributed by atoms with Gasteiger partial charge in [-0.3, -0.25) is 38.6 Å². The fraction of sp³-hybridized carbons (Fsp3) is 0.636. The van der Waals surface area contributed by atoms with Gasteiger partial charge in [0.2, 0.25) is 35.4 Å². The Hall–Kier alpha value is -3.74. The Morgan fingerprint density at radius 3 is 2.24 bits per heavy atom.